The molecule has 18 heavy (non-hydrogen) atoms. The molecule has 0 aliphatic carbocycles. The maximum Gasteiger partial charge on any atom is 0.321 e. The molecule has 106 valence electrons. The summed E-state index contributed by atoms with van der Waals surface area (Å²) in [5.74, 6) is -3.69. The van der Waals surface area contributed by atoms with E-state index in [0.717, 1.165) is 0 Å². The van der Waals surface area contributed by atoms with Crippen LogP contribution in [0.15, 0.2) is 0 Å². The summed E-state index contributed by atoms with van der Waals surface area (Å²) < 4.78 is 29.5. The van der Waals surface area contributed by atoms with Crippen LogP contribution in [0, 0.1) is 5.92 Å². The van der Waals surface area contributed by atoms with Crippen molar-refractivity contribution < 1.29 is 28.2 Å². The minimum atomic E-state index is -3.37. The predicted molar refractivity (Wildman–Crippen MR) is 61.6 cm³/mol. The lowest BCUT2D eigenvalue weighted by molar-refractivity contribution is -0.162. The average Bonchev–Trinajstić information content (AvgIpc) is 2.21. The smallest absolute Gasteiger partial charge is 0.321 e. The molecular weight excluding hydrogens is 270 g/mol. The van der Waals surface area contributed by atoms with Gasteiger partial charge in [-0.25, -0.2) is 0 Å². The minimum Gasteiger partial charge on any atom is -0.481 e. The van der Waals surface area contributed by atoms with E-state index >= 15 is 0 Å². The number of esters is 1. The number of carbonyl (C=O) groups is 2. The number of ether oxygens (including phenoxy) is 1. The Morgan fingerprint density at radius 2 is 2.00 bits per heavy atom. The van der Waals surface area contributed by atoms with Crippen molar-refractivity contribution in [3.63, 3.8) is 0 Å². The second-order valence-electron chi connectivity index (χ2n) is 4.05. The lowest BCUT2D eigenvalue weighted by Crippen LogP contribution is -2.28. The topological polar surface area (TPSA) is 63.6 Å². The van der Waals surface area contributed by atoms with Crippen molar-refractivity contribution in [2.75, 3.05) is 0 Å². The molecule has 0 radical (unpaired) electrons. The summed E-state index contributed by atoms with van der Waals surface area (Å²) in [6.45, 7) is 3.41. The molecule has 1 N–H and O–H groups in total. The molecule has 0 aliphatic heterocycles. The highest BCUT2D eigenvalue weighted by atomic mass is 35.5. The first-order valence-corrected chi connectivity index (χ1v) is 6.05. The molecule has 0 aliphatic rings. The van der Waals surface area contributed by atoms with E-state index in [1.807, 2.05) is 0 Å². The number of hydrogen-bond acceptors (Lipinski definition) is 3. The van der Waals surface area contributed by atoms with Crippen molar-refractivity contribution in [2.45, 2.75) is 51.0 Å². The van der Waals surface area contributed by atoms with Crippen molar-refractivity contribution in [3.05, 3.63) is 0 Å². The van der Waals surface area contributed by atoms with Crippen LogP contribution in [0.5, 0.6) is 0 Å². The predicted octanol–water partition coefficient (Wildman–Crippen LogP) is 3.03. The number of hydrogen-bond donors (Lipinski definition) is 1. The fourth-order valence-corrected chi connectivity index (χ4v) is 1.35. The van der Waals surface area contributed by atoms with Gasteiger partial charge >= 0.3 is 17.3 Å². The minimum absolute atomic E-state index is 0.164. The van der Waals surface area contributed by atoms with E-state index in [1.165, 1.54) is 0 Å². The molecule has 0 rings (SSSR count). The SMILES string of the molecule is CCC(C)OC(=O)C(CCCC(F)(F)Cl)C(=O)O. The van der Waals surface area contributed by atoms with Gasteiger partial charge in [-0.3, -0.25) is 9.59 Å². The van der Waals surface area contributed by atoms with Gasteiger partial charge in [0.05, 0.1) is 6.10 Å². The van der Waals surface area contributed by atoms with E-state index in [2.05, 4.69) is 11.6 Å². The Balaban J connectivity index is 4.31. The van der Waals surface area contributed by atoms with Crippen molar-refractivity contribution >= 4 is 23.5 Å². The van der Waals surface area contributed by atoms with Crippen molar-refractivity contribution in [3.8, 4) is 0 Å². The summed E-state index contributed by atoms with van der Waals surface area (Å²) in [6.07, 6.45) is -0.892. The highest BCUT2D eigenvalue weighted by Crippen LogP contribution is 2.27. The Morgan fingerprint density at radius 3 is 2.39 bits per heavy atom. The van der Waals surface area contributed by atoms with Gasteiger partial charge in [0.15, 0.2) is 5.92 Å². The molecule has 4 nitrogen and oxygen atoms in total. The third-order valence-electron chi connectivity index (χ3n) is 2.43. The first-order chi connectivity index (χ1) is 8.17. The highest BCUT2D eigenvalue weighted by molar-refractivity contribution is 6.21. The van der Waals surface area contributed by atoms with Crippen LogP contribution in [0.1, 0.15) is 39.5 Å². The zero-order valence-corrected chi connectivity index (χ0v) is 11.0. The molecule has 0 fully saturated rings. The fourth-order valence-electron chi connectivity index (χ4n) is 1.21. The normalized spacial score (nSPS) is 14.9. The molecule has 0 saturated heterocycles. The number of carboxylic acids is 1. The maximum atomic E-state index is 12.3. The Labute approximate surface area is 109 Å². The molecule has 0 heterocycles. The van der Waals surface area contributed by atoms with Gasteiger partial charge < -0.3 is 9.84 Å². The molecular formula is C11H17ClF2O4. The number of carbonyl (C=O) groups excluding carboxylic acids is 1. The first-order valence-electron chi connectivity index (χ1n) is 5.67. The molecule has 2 atom stereocenters. The Hall–Kier alpha value is -0.910. The molecule has 2 unspecified atom stereocenters. The number of halogens is 3. The third-order valence-corrected chi connectivity index (χ3v) is 2.62. The number of aliphatic carboxylic acids is 1. The zero-order valence-electron chi connectivity index (χ0n) is 10.3. The Kier molecular flexibility index (Phi) is 7.13. The summed E-state index contributed by atoms with van der Waals surface area (Å²) in [5, 5.41) is 5.47. The van der Waals surface area contributed by atoms with E-state index in [9.17, 15) is 18.4 Å². The van der Waals surface area contributed by atoms with Gasteiger partial charge in [-0.05, 0) is 37.8 Å². The van der Waals surface area contributed by atoms with Crippen LogP contribution in [-0.2, 0) is 14.3 Å². The number of alkyl halides is 3. The van der Waals surface area contributed by atoms with Gasteiger partial charge in [0.25, 0.3) is 0 Å². The number of carboxylic acid groups (broad SMARTS) is 1. The van der Waals surface area contributed by atoms with Crippen molar-refractivity contribution in [2.24, 2.45) is 5.92 Å². The van der Waals surface area contributed by atoms with E-state index < -0.39 is 35.8 Å². The van der Waals surface area contributed by atoms with E-state index in [-0.39, 0.29) is 12.8 Å². The lowest BCUT2D eigenvalue weighted by atomic mass is 10.0. The standard InChI is InChI=1S/C11H17ClF2O4/c1-3-7(2)18-10(17)8(9(15)16)5-4-6-11(12,13)14/h7-8H,3-6H2,1-2H3,(H,15,16). The van der Waals surface area contributed by atoms with E-state index in [0.29, 0.717) is 6.42 Å². The molecule has 0 aromatic heterocycles. The largest absolute Gasteiger partial charge is 0.481 e. The van der Waals surface area contributed by atoms with Crippen molar-refractivity contribution in [1.29, 1.82) is 0 Å². The molecule has 0 aromatic carbocycles. The zero-order chi connectivity index (χ0) is 14.3. The van der Waals surface area contributed by atoms with Gasteiger partial charge in [0, 0.05) is 6.42 Å². The quantitative estimate of drug-likeness (QED) is 0.423. The van der Waals surface area contributed by atoms with Crippen LogP contribution >= 0.6 is 11.6 Å². The summed E-state index contributed by atoms with van der Waals surface area (Å²) >= 11 is 4.69. The highest BCUT2D eigenvalue weighted by Gasteiger charge is 2.31. The Morgan fingerprint density at radius 1 is 1.44 bits per heavy atom. The van der Waals surface area contributed by atoms with Gasteiger partial charge in [-0.1, -0.05) is 6.92 Å². The first kappa shape index (κ1) is 17.1. The maximum absolute atomic E-state index is 12.3. The van der Waals surface area contributed by atoms with Crippen LogP contribution in [0.3, 0.4) is 0 Å². The number of rotatable bonds is 8. The fraction of sp³-hybridized carbons (Fsp3) is 0.818. The molecule has 0 bridgehead atoms. The van der Waals surface area contributed by atoms with Gasteiger partial charge in [-0.15, -0.1) is 0 Å². The van der Waals surface area contributed by atoms with Crippen LogP contribution in [0.2, 0.25) is 0 Å². The Bertz CT molecular complexity index is 291. The molecule has 0 saturated carbocycles. The second-order valence-corrected chi connectivity index (χ2v) is 4.61. The molecule has 0 spiro atoms. The summed E-state index contributed by atoms with van der Waals surface area (Å²) in [4.78, 5) is 22.3. The van der Waals surface area contributed by atoms with Crippen LogP contribution in [0.25, 0.3) is 0 Å². The van der Waals surface area contributed by atoms with Crippen LogP contribution in [0.4, 0.5) is 8.78 Å². The summed E-state index contributed by atoms with van der Waals surface area (Å²) in [7, 11) is 0. The average molecular weight is 287 g/mol. The van der Waals surface area contributed by atoms with Gasteiger partial charge in [-0.2, -0.15) is 8.78 Å². The van der Waals surface area contributed by atoms with Crippen LogP contribution in [-0.4, -0.2) is 28.5 Å². The monoisotopic (exact) mass is 286 g/mol. The second kappa shape index (κ2) is 7.51. The van der Waals surface area contributed by atoms with E-state index in [4.69, 9.17) is 9.84 Å². The third kappa shape index (κ3) is 7.42. The molecule has 0 amide bonds. The van der Waals surface area contributed by atoms with Crippen LogP contribution < -0.4 is 0 Å². The van der Waals surface area contributed by atoms with Gasteiger partial charge in [0.1, 0.15) is 0 Å². The lowest BCUT2D eigenvalue weighted by Gasteiger charge is -2.16. The van der Waals surface area contributed by atoms with Crippen molar-refractivity contribution in [1.82, 2.24) is 0 Å². The summed E-state index contributed by atoms with van der Waals surface area (Å²) in [6, 6.07) is 0. The summed E-state index contributed by atoms with van der Waals surface area (Å²) in [5.41, 5.74) is 0. The molecule has 0 aromatic rings. The van der Waals surface area contributed by atoms with E-state index in [1.54, 1.807) is 13.8 Å². The molecule has 7 heteroatoms. The van der Waals surface area contributed by atoms with Gasteiger partial charge in [0.2, 0.25) is 0 Å².